The highest BCUT2D eigenvalue weighted by Gasteiger charge is 2.37. The van der Waals surface area contributed by atoms with Crippen LogP contribution < -0.4 is 28.0 Å². The number of hydrazone groups is 1. The molecule has 0 aliphatic heterocycles. The third kappa shape index (κ3) is 3.76. The molecular formula is C14H16F3N7OS. The van der Waals surface area contributed by atoms with Crippen molar-refractivity contribution in [2.75, 3.05) is 5.73 Å². The number of benzene rings is 1. The largest absolute Gasteiger partial charge is 0.417 e. The monoisotopic (exact) mass is 387 g/mol. The molecule has 0 aliphatic carbocycles. The summed E-state index contributed by atoms with van der Waals surface area (Å²) >= 11 is 0. The second-order valence-corrected chi connectivity index (χ2v) is 6.21. The number of aromatic nitrogens is 1. The number of amidine groups is 1. The first-order valence-electron chi connectivity index (χ1n) is 7.00. The molecule has 12 heteroatoms. The van der Waals surface area contributed by atoms with E-state index in [9.17, 15) is 17.4 Å². The van der Waals surface area contributed by atoms with Gasteiger partial charge < -0.3 is 11.5 Å². The molecule has 2 aromatic rings. The van der Waals surface area contributed by atoms with E-state index in [1.54, 1.807) is 6.92 Å². The fraction of sp³-hybridized carbons (Fsp3) is 0.143. The summed E-state index contributed by atoms with van der Waals surface area (Å²) in [5.74, 6) is 4.89. The van der Waals surface area contributed by atoms with Crippen LogP contribution >= 0.6 is 0 Å². The zero-order valence-electron chi connectivity index (χ0n) is 13.5. The molecule has 2 rings (SSSR count). The van der Waals surface area contributed by atoms with E-state index in [2.05, 4.69) is 10.1 Å². The average Bonchev–Trinajstić information content (AvgIpc) is 2.52. The Bertz CT molecular complexity index is 899. The van der Waals surface area contributed by atoms with Crippen molar-refractivity contribution in [2.45, 2.75) is 18.0 Å². The minimum absolute atomic E-state index is 0.202. The fourth-order valence-corrected chi connectivity index (χ4v) is 3.29. The summed E-state index contributed by atoms with van der Waals surface area (Å²) in [6.07, 6.45) is -3.44. The van der Waals surface area contributed by atoms with Crippen LogP contribution in [-0.4, -0.2) is 15.0 Å². The number of nitrogen functional groups attached to an aromatic ring is 1. The predicted molar refractivity (Wildman–Crippen MR) is 92.5 cm³/mol. The number of aryl methyl sites for hydroxylation is 1. The first-order valence-corrected chi connectivity index (χ1v) is 8.21. The molecule has 0 bridgehead atoms. The maximum Gasteiger partial charge on any atom is 0.417 e. The standard InChI is InChI=1S/C14H16F3N7OS/c1-6-4-10(18)22-5-8(6)7-2-3-9(14(15,16)17)12(26(21)25)11(7)13(19)23-24-20/h2-5,24H,20-21H2,1H3,(H2,18,22)(H2,19,23). The SMILES string of the molecule is Cc1cc(N)ncc1-c1ccc(C(F)(F)F)c(S(N)=O)c1/C(N)=N/NN. The number of pyridine rings is 1. The van der Waals surface area contributed by atoms with Gasteiger partial charge in [0.1, 0.15) is 16.8 Å². The molecule has 0 saturated heterocycles. The van der Waals surface area contributed by atoms with Gasteiger partial charge in [-0.1, -0.05) is 6.07 Å². The summed E-state index contributed by atoms with van der Waals surface area (Å²) in [7, 11) is -2.51. The Balaban J connectivity index is 2.96. The predicted octanol–water partition coefficient (Wildman–Crippen LogP) is 0.723. The molecule has 0 amide bonds. The highest BCUT2D eigenvalue weighted by atomic mass is 32.2. The van der Waals surface area contributed by atoms with E-state index in [1.807, 2.05) is 5.53 Å². The van der Waals surface area contributed by atoms with Gasteiger partial charge in [0.25, 0.3) is 0 Å². The summed E-state index contributed by atoms with van der Waals surface area (Å²) in [5, 5.41) is 8.84. The van der Waals surface area contributed by atoms with E-state index in [4.69, 9.17) is 22.4 Å². The van der Waals surface area contributed by atoms with Gasteiger partial charge >= 0.3 is 6.18 Å². The molecule has 0 fully saturated rings. The van der Waals surface area contributed by atoms with Crippen molar-refractivity contribution in [2.24, 2.45) is 21.8 Å². The zero-order valence-corrected chi connectivity index (χ0v) is 14.3. The highest BCUT2D eigenvalue weighted by molar-refractivity contribution is 7.82. The van der Waals surface area contributed by atoms with Crippen LogP contribution in [0.5, 0.6) is 0 Å². The van der Waals surface area contributed by atoms with Crippen molar-refractivity contribution in [3.63, 3.8) is 0 Å². The molecule has 1 atom stereocenters. The van der Waals surface area contributed by atoms with Crippen molar-refractivity contribution in [1.29, 1.82) is 0 Å². The Hall–Kier alpha value is -2.70. The van der Waals surface area contributed by atoms with Gasteiger partial charge in [0.2, 0.25) is 0 Å². The quantitative estimate of drug-likeness (QED) is 0.225. The van der Waals surface area contributed by atoms with Gasteiger partial charge in [-0.15, -0.1) is 5.10 Å². The van der Waals surface area contributed by atoms with Crippen molar-refractivity contribution in [1.82, 2.24) is 10.5 Å². The number of halogens is 3. The molecule has 1 unspecified atom stereocenters. The van der Waals surface area contributed by atoms with E-state index in [0.29, 0.717) is 11.1 Å². The Morgan fingerprint density at radius 2 is 1.96 bits per heavy atom. The Kier molecular flexibility index (Phi) is 5.49. The first kappa shape index (κ1) is 19.6. The van der Waals surface area contributed by atoms with Crippen LogP contribution in [0.15, 0.2) is 34.4 Å². The van der Waals surface area contributed by atoms with Crippen molar-refractivity contribution < 1.29 is 17.4 Å². The van der Waals surface area contributed by atoms with Gasteiger partial charge in [-0.25, -0.2) is 25.7 Å². The smallest absolute Gasteiger partial charge is 0.384 e. The van der Waals surface area contributed by atoms with Crippen LogP contribution in [0.4, 0.5) is 19.0 Å². The van der Waals surface area contributed by atoms with Crippen LogP contribution in [-0.2, 0) is 17.2 Å². The molecule has 8 nitrogen and oxygen atoms in total. The van der Waals surface area contributed by atoms with E-state index in [-0.39, 0.29) is 16.9 Å². The summed E-state index contributed by atoms with van der Waals surface area (Å²) in [6.45, 7) is 1.68. The van der Waals surface area contributed by atoms with Crippen molar-refractivity contribution in [3.05, 3.63) is 41.1 Å². The van der Waals surface area contributed by atoms with E-state index in [0.717, 1.165) is 6.07 Å². The average molecular weight is 387 g/mol. The van der Waals surface area contributed by atoms with Crippen LogP contribution in [0.2, 0.25) is 0 Å². The second kappa shape index (κ2) is 7.27. The molecule has 1 aromatic carbocycles. The van der Waals surface area contributed by atoms with Crippen LogP contribution in [0.25, 0.3) is 11.1 Å². The van der Waals surface area contributed by atoms with E-state index in [1.165, 1.54) is 18.3 Å². The normalized spacial score (nSPS) is 13.5. The summed E-state index contributed by atoms with van der Waals surface area (Å²) in [4.78, 5) is 3.23. The van der Waals surface area contributed by atoms with Gasteiger partial charge in [0.15, 0.2) is 5.84 Å². The lowest BCUT2D eigenvalue weighted by atomic mass is 9.94. The molecule has 26 heavy (non-hydrogen) atoms. The highest BCUT2D eigenvalue weighted by Crippen LogP contribution is 2.39. The number of alkyl halides is 3. The fourth-order valence-electron chi connectivity index (χ4n) is 2.48. The minimum atomic E-state index is -4.80. The third-order valence-electron chi connectivity index (χ3n) is 3.53. The van der Waals surface area contributed by atoms with Crippen LogP contribution in [0.1, 0.15) is 16.7 Å². The van der Waals surface area contributed by atoms with Crippen molar-refractivity contribution in [3.8, 4) is 11.1 Å². The lowest BCUT2D eigenvalue weighted by Crippen LogP contribution is -2.27. The molecule has 0 radical (unpaired) electrons. The molecule has 9 N–H and O–H groups in total. The third-order valence-corrected chi connectivity index (χ3v) is 4.35. The Labute approximate surface area is 149 Å². The molecule has 140 valence electrons. The van der Waals surface area contributed by atoms with Crippen molar-refractivity contribution >= 4 is 22.6 Å². The first-order chi connectivity index (χ1) is 12.1. The van der Waals surface area contributed by atoms with Gasteiger partial charge in [0, 0.05) is 17.3 Å². The van der Waals surface area contributed by atoms with Gasteiger partial charge in [-0.3, -0.25) is 0 Å². The molecule has 0 saturated carbocycles. The van der Waals surface area contributed by atoms with E-state index < -0.39 is 33.5 Å². The number of nitrogens with one attached hydrogen (secondary N) is 1. The number of nitrogens with two attached hydrogens (primary N) is 4. The number of rotatable bonds is 4. The Morgan fingerprint density at radius 1 is 1.31 bits per heavy atom. The van der Waals surface area contributed by atoms with E-state index >= 15 is 0 Å². The molecule has 0 aliphatic rings. The maximum atomic E-state index is 13.4. The second-order valence-electron chi connectivity index (χ2n) is 5.21. The number of nitrogens with zero attached hydrogens (tertiary/aromatic N) is 2. The number of anilines is 1. The van der Waals surface area contributed by atoms with Crippen LogP contribution in [0.3, 0.4) is 0 Å². The van der Waals surface area contributed by atoms with Crippen LogP contribution in [0, 0.1) is 6.92 Å². The molecule has 0 spiro atoms. The molecule has 1 aromatic heterocycles. The summed E-state index contributed by atoms with van der Waals surface area (Å²) in [5.41, 5.74) is 13.1. The maximum absolute atomic E-state index is 13.4. The van der Waals surface area contributed by atoms with Gasteiger partial charge in [-0.2, -0.15) is 13.2 Å². The number of hydrazine groups is 1. The lowest BCUT2D eigenvalue weighted by Gasteiger charge is -2.19. The zero-order chi connectivity index (χ0) is 19.6. The molecular weight excluding hydrogens is 371 g/mol. The lowest BCUT2D eigenvalue weighted by molar-refractivity contribution is -0.139. The number of hydrogen-bond acceptors (Lipinski definition) is 6. The minimum Gasteiger partial charge on any atom is -0.384 e. The molecule has 1 heterocycles. The topological polar surface area (TPSA) is 158 Å². The van der Waals surface area contributed by atoms with Gasteiger partial charge in [0.05, 0.1) is 10.5 Å². The summed E-state index contributed by atoms with van der Waals surface area (Å²) in [6, 6.07) is 3.48. The number of hydrogen-bond donors (Lipinski definition) is 5. The van der Waals surface area contributed by atoms with Gasteiger partial charge in [-0.05, 0) is 30.2 Å². The summed E-state index contributed by atoms with van der Waals surface area (Å²) < 4.78 is 52.0. The Morgan fingerprint density at radius 3 is 2.46 bits per heavy atom.